The average molecular weight is 480 g/mol. The SMILES string of the molecule is NC(=O)c1cc(CN(C(=O)O)C2CC3(CCN(c4cc(-c5ccc(F)cc5)ccn4)CC3)C2)on1. The van der Waals surface area contributed by atoms with Gasteiger partial charge >= 0.3 is 6.09 Å². The molecule has 1 saturated heterocycles. The van der Waals surface area contributed by atoms with Gasteiger partial charge < -0.3 is 20.3 Å². The van der Waals surface area contributed by atoms with E-state index in [1.165, 1.54) is 23.1 Å². The number of nitrogens with two attached hydrogens (primary N) is 1. The lowest BCUT2D eigenvalue weighted by Crippen LogP contribution is -2.56. The topological polar surface area (TPSA) is 126 Å². The highest BCUT2D eigenvalue weighted by molar-refractivity contribution is 5.90. The number of aromatic nitrogens is 2. The second-order valence-corrected chi connectivity index (χ2v) is 9.41. The number of anilines is 1. The molecule has 10 heteroatoms. The molecule has 0 atom stereocenters. The van der Waals surface area contributed by atoms with E-state index in [1.807, 2.05) is 12.1 Å². The first-order valence-corrected chi connectivity index (χ1v) is 11.5. The number of hydrogen-bond donors (Lipinski definition) is 2. The van der Waals surface area contributed by atoms with Crippen molar-refractivity contribution in [2.45, 2.75) is 38.3 Å². The maximum absolute atomic E-state index is 13.3. The number of pyridine rings is 1. The molecule has 2 aliphatic rings. The van der Waals surface area contributed by atoms with Crippen molar-refractivity contribution in [2.75, 3.05) is 18.0 Å². The Balaban J connectivity index is 1.19. The number of carbonyl (C=O) groups is 2. The van der Waals surface area contributed by atoms with Crippen molar-refractivity contribution in [1.29, 1.82) is 0 Å². The molecule has 9 nitrogen and oxygen atoms in total. The molecule has 2 fully saturated rings. The quantitative estimate of drug-likeness (QED) is 0.549. The van der Waals surface area contributed by atoms with Crippen molar-refractivity contribution in [3.05, 3.63) is 65.9 Å². The van der Waals surface area contributed by atoms with E-state index >= 15 is 0 Å². The molecule has 2 amide bonds. The first-order chi connectivity index (χ1) is 16.8. The molecule has 2 aromatic heterocycles. The molecule has 35 heavy (non-hydrogen) atoms. The maximum Gasteiger partial charge on any atom is 0.407 e. The van der Waals surface area contributed by atoms with Gasteiger partial charge in [-0.15, -0.1) is 0 Å². The molecular weight excluding hydrogens is 453 g/mol. The lowest BCUT2D eigenvalue weighted by molar-refractivity contribution is -0.0149. The van der Waals surface area contributed by atoms with Crippen molar-refractivity contribution < 1.29 is 23.6 Å². The predicted molar refractivity (Wildman–Crippen MR) is 125 cm³/mol. The second kappa shape index (κ2) is 9.01. The molecule has 5 rings (SSSR count). The molecule has 0 unspecified atom stereocenters. The summed E-state index contributed by atoms with van der Waals surface area (Å²) in [5.74, 6) is 0.208. The first kappa shape index (κ1) is 22.8. The largest absolute Gasteiger partial charge is 0.465 e. The summed E-state index contributed by atoms with van der Waals surface area (Å²) < 4.78 is 18.3. The van der Waals surface area contributed by atoms with Crippen molar-refractivity contribution in [2.24, 2.45) is 11.1 Å². The van der Waals surface area contributed by atoms with Crippen LogP contribution in [0, 0.1) is 11.2 Å². The summed E-state index contributed by atoms with van der Waals surface area (Å²) in [6.45, 7) is 1.70. The molecule has 1 aliphatic carbocycles. The van der Waals surface area contributed by atoms with Gasteiger partial charge in [-0.05, 0) is 66.5 Å². The van der Waals surface area contributed by atoms with Gasteiger partial charge in [0.15, 0.2) is 11.5 Å². The third-order valence-electron chi connectivity index (χ3n) is 7.23. The number of carbonyl (C=O) groups excluding carboxylic acids is 1. The van der Waals surface area contributed by atoms with Crippen molar-refractivity contribution in [3.63, 3.8) is 0 Å². The molecule has 1 aliphatic heterocycles. The molecule has 0 bridgehead atoms. The minimum absolute atomic E-state index is 0.0140. The Morgan fingerprint density at radius 1 is 1.14 bits per heavy atom. The summed E-state index contributed by atoms with van der Waals surface area (Å²) in [5.41, 5.74) is 7.22. The number of halogens is 1. The van der Waals surface area contributed by atoms with Crippen molar-refractivity contribution in [3.8, 4) is 11.1 Å². The fourth-order valence-electron chi connectivity index (χ4n) is 5.22. The highest BCUT2D eigenvalue weighted by atomic mass is 19.1. The van der Waals surface area contributed by atoms with E-state index in [4.69, 9.17) is 10.3 Å². The molecular formula is C25H26FN5O4. The van der Waals surface area contributed by atoms with Gasteiger partial charge in [0.05, 0.1) is 6.54 Å². The number of amides is 2. The van der Waals surface area contributed by atoms with Crippen molar-refractivity contribution >= 4 is 17.8 Å². The van der Waals surface area contributed by atoms with Gasteiger partial charge in [0.1, 0.15) is 11.6 Å². The summed E-state index contributed by atoms with van der Waals surface area (Å²) in [5, 5.41) is 13.3. The second-order valence-electron chi connectivity index (χ2n) is 9.41. The van der Waals surface area contributed by atoms with Gasteiger partial charge in [0.25, 0.3) is 5.91 Å². The zero-order chi connectivity index (χ0) is 24.6. The van der Waals surface area contributed by atoms with Crippen LogP contribution in [0.5, 0.6) is 0 Å². The van der Waals surface area contributed by atoms with Crippen LogP contribution in [0.15, 0.2) is 53.2 Å². The van der Waals surface area contributed by atoms with Crippen LogP contribution >= 0.6 is 0 Å². The zero-order valence-corrected chi connectivity index (χ0v) is 19.1. The number of primary amides is 1. The van der Waals surface area contributed by atoms with Gasteiger partial charge in [-0.2, -0.15) is 0 Å². The maximum atomic E-state index is 13.3. The monoisotopic (exact) mass is 479 g/mol. The summed E-state index contributed by atoms with van der Waals surface area (Å²) in [6, 6.07) is 11.6. The van der Waals surface area contributed by atoms with E-state index in [9.17, 15) is 19.1 Å². The lowest BCUT2D eigenvalue weighted by Gasteiger charge is -2.54. The summed E-state index contributed by atoms with van der Waals surface area (Å²) in [7, 11) is 0. The zero-order valence-electron chi connectivity index (χ0n) is 19.1. The van der Waals surface area contributed by atoms with E-state index in [0.29, 0.717) is 5.76 Å². The molecule has 1 saturated carbocycles. The van der Waals surface area contributed by atoms with Crippen LogP contribution in [-0.2, 0) is 6.54 Å². The van der Waals surface area contributed by atoms with Crippen LogP contribution in [0.3, 0.4) is 0 Å². The van der Waals surface area contributed by atoms with E-state index in [2.05, 4.69) is 15.0 Å². The minimum atomic E-state index is -1.03. The number of hydrogen-bond acceptors (Lipinski definition) is 6. The number of carboxylic acid groups (broad SMARTS) is 1. The van der Waals surface area contributed by atoms with Crippen LogP contribution in [0.4, 0.5) is 15.0 Å². The van der Waals surface area contributed by atoms with Crippen LogP contribution < -0.4 is 10.6 Å². The minimum Gasteiger partial charge on any atom is -0.465 e. The Morgan fingerprint density at radius 2 is 1.86 bits per heavy atom. The highest BCUT2D eigenvalue weighted by Gasteiger charge is 2.49. The Morgan fingerprint density at radius 3 is 2.49 bits per heavy atom. The van der Waals surface area contributed by atoms with E-state index in [-0.39, 0.29) is 29.5 Å². The summed E-state index contributed by atoms with van der Waals surface area (Å²) in [4.78, 5) is 31.3. The number of benzene rings is 1. The van der Waals surface area contributed by atoms with E-state index in [0.717, 1.165) is 55.7 Å². The molecule has 3 N–H and O–H groups in total. The highest BCUT2D eigenvalue weighted by Crippen LogP contribution is 2.51. The Bertz CT molecular complexity index is 1230. The van der Waals surface area contributed by atoms with Gasteiger partial charge in [-0.1, -0.05) is 17.3 Å². The van der Waals surface area contributed by atoms with Gasteiger partial charge in [0.2, 0.25) is 0 Å². The lowest BCUT2D eigenvalue weighted by atomic mass is 9.60. The van der Waals surface area contributed by atoms with Crippen molar-refractivity contribution in [1.82, 2.24) is 15.0 Å². The number of rotatable bonds is 6. The number of nitrogens with zero attached hydrogens (tertiary/aromatic N) is 4. The fraction of sp³-hybridized carbons (Fsp3) is 0.360. The molecule has 1 spiro atoms. The van der Waals surface area contributed by atoms with Gasteiger partial charge in [-0.25, -0.2) is 14.2 Å². The van der Waals surface area contributed by atoms with Crippen LogP contribution in [-0.4, -0.2) is 51.3 Å². The molecule has 182 valence electrons. The molecule has 0 radical (unpaired) electrons. The third-order valence-corrected chi connectivity index (χ3v) is 7.23. The smallest absolute Gasteiger partial charge is 0.407 e. The summed E-state index contributed by atoms with van der Waals surface area (Å²) >= 11 is 0. The molecule has 3 aromatic rings. The molecule has 1 aromatic carbocycles. The summed E-state index contributed by atoms with van der Waals surface area (Å²) in [6.07, 6.45) is 4.22. The van der Waals surface area contributed by atoms with Crippen LogP contribution in [0.25, 0.3) is 11.1 Å². The predicted octanol–water partition coefficient (Wildman–Crippen LogP) is 3.90. The third kappa shape index (κ3) is 4.68. The Hall–Kier alpha value is -3.95. The fourth-order valence-corrected chi connectivity index (χ4v) is 5.22. The van der Waals surface area contributed by atoms with Gasteiger partial charge in [0, 0.05) is 31.4 Å². The molecule has 3 heterocycles. The standard InChI is InChI=1S/C25H26FN5O4/c26-18-3-1-16(2-4-18)17-5-8-28-22(11-17)30-9-6-25(7-10-30)13-19(14-25)31(24(33)34)15-20-12-21(23(27)32)29-35-20/h1-5,8,11-12,19H,6-7,9-10,13-15H2,(H2,27,32)(H,33,34). The Kier molecular flexibility index (Phi) is 5.88. The Labute approximate surface area is 201 Å². The average Bonchev–Trinajstić information content (AvgIpc) is 3.31. The van der Waals surface area contributed by atoms with E-state index < -0.39 is 12.0 Å². The van der Waals surface area contributed by atoms with Crippen LogP contribution in [0.1, 0.15) is 41.9 Å². The van der Waals surface area contributed by atoms with E-state index in [1.54, 1.807) is 18.3 Å². The first-order valence-electron chi connectivity index (χ1n) is 11.5. The normalized spacial score (nSPS) is 17.2. The van der Waals surface area contributed by atoms with Gasteiger partial charge in [-0.3, -0.25) is 9.69 Å². The van der Waals surface area contributed by atoms with Crippen LogP contribution in [0.2, 0.25) is 0 Å². The number of piperidine rings is 1.